The number of fused-ring (bicyclic) bond motifs is 3. The molecule has 0 aliphatic carbocycles. The van der Waals surface area contributed by atoms with E-state index >= 15 is 0 Å². The highest BCUT2D eigenvalue weighted by Gasteiger charge is 2.06. The smallest absolute Gasteiger partial charge is 0.135 e. The maximum Gasteiger partial charge on any atom is 0.139 e. The fourth-order valence-electron chi connectivity index (χ4n) is 2.65. The Balaban J connectivity index is 1.97. The van der Waals surface area contributed by atoms with Gasteiger partial charge in [0.1, 0.15) is 7.85 Å². The first-order valence-corrected chi connectivity index (χ1v) is 7.61. The zero-order chi connectivity index (χ0) is 13.5. The van der Waals surface area contributed by atoms with Crippen LogP contribution in [0.5, 0.6) is 0 Å². The summed E-state index contributed by atoms with van der Waals surface area (Å²) in [6, 6.07) is 24.2. The quantitative estimate of drug-likeness (QED) is 0.460. The molecule has 0 fully saturated rings. The number of hydrogen-bond donors (Lipinski definition) is 0. The standard InChI is InChI=1S/C18H13BS/c19-14-8-5-12(6-9-14)13-7-10-18-16(11-13)15-3-1-2-4-17(15)20-18/h1-11H,19H2. The Morgan fingerprint density at radius 2 is 1.35 bits per heavy atom. The molecule has 1 heterocycles. The van der Waals surface area contributed by atoms with E-state index in [-0.39, 0.29) is 0 Å². The predicted molar refractivity (Wildman–Crippen MR) is 92.9 cm³/mol. The monoisotopic (exact) mass is 272 g/mol. The van der Waals surface area contributed by atoms with Crippen LogP contribution in [0.15, 0.2) is 66.7 Å². The van der Waals surface area contributed by atoms with Gasteiger partial charge >= 0.3 is 0 Å². The molecule has 0 N–H and O–H groups in total. The van der Waals surface area contributed by atoms with Gasteiger partial charge in [-0.3, -0.25) is 0 Å². The van der Waals surface area contributed by atoms with Gasteiger partial charge < -0.3 is 0 Å². The average molecular weight is 272 g/mol. The molecule has 0 nitrogen and oxygen atoms in total. The number of rotatable bonds is 1. The van der Waals surface area contributed by atoms with Crippen LogP contribution in [0, 0.1) is 0 Å². The minimum atomic E-state index is 1.28. The molecule has 4 rings (SSSR count). The first-order valence-electron chi connectivity index (χ1n) is 6.79. The van der Waals surface area contributed by atoms with Crippen molar-refractivity contribution in [1.82, 2.24) is 0 Å². The predicted octanol–water partition coefficient (Wildman–Crippen LogP) is 3.98. The third kappa shape index (κ3) is 1.84. The SMILES string of the molecule is Bc1ccc(-c2ccc3sc4ccccc4c3c2)cc1. The number of thiophene rings is 1. The van der Waals surface area contributed by atoms with Gasteiger partial charge in [0, 0.05) is 20.2 Å². The molecule has 3 aromatic carbocycles. The Kier molecular flexibility index (Phi) is 2.64. The maximum atomic E-state index is 2.32. The molecular weight excluding hydrogens is 259 g/mol. The van der Waals surface area contributed by atoms with Crippen LogP contribution in [-0.4, -0.2) is 7.85 Å². The van der Waals surface area contributed by atoms with E-state index in [1.165, 1.54) is 36.8 Å². The molecule has 0 unspecified atom stereocenters. The molecule has 0 saturated heterocycles. The van der Waals surface area contributed by atoms with E-state index in [0.29, 0.717) is 0 Å². The summed E-state index contributed by atoms with van der Waals surface area (Å²) < 4.78 is 2.73. The van der Waals surface area contributed by atoms with Crippen LogP contribution in [0.4, 0.5) is 0 Å². The van der Waals surface area contributed by atoms with E-state index in [1.807, 2.05) is 11.3 Å². The molecule has 1 aromatic heterocycles. The summed E-state index contributed by atoms with van der Waals surface area (Å²) in [5.41, 5.74) is 3.88. The maximum absolute atomic E-state index is 2.32. The summed E-state index contributed by atoms with van der Waals surface area (Å²) in [5.74, 6) is 0. The highest BCUT2D eigenvalue weighted by Crippen LogP contribution is 2.35. The van der Waals surface area contributed by atoms with Crippen molar-refractivity contribution in [2.75, 3.05) is 0 Å². The molecule has 0 amide bonds. The minimum absolute atomic E-state index is 1.28. The van der Waals surface area contributed by atoms with Gasteiger partial charge in [-0.25, -0.2) is 0 Å². The van der Waals surface area contributed by atoms with Crippen LogP contribution in [0.3, 0.4) is 0 Å². The van der Waals surface area contributed by atoms with E-state index < -0.39 is 0 Å². The Morgan fingerprint density at radius 1 is 0.650 bits per heavy atom. The Hall–Kier alpha value is -2.06. The van der Waals surface area contributed by atoms with Crippen LogP contribution in [0.25, 0.3) is 31.3 Å². The summed E-state index contributed by atoms with van der Waals surface area (Å²) >= 11 is 1.87. The summed E-state index contributed by atoms with van der Waals surface area (Å²) in [6.45, 7) is 0. The zero-order valence-electron chi connectivity index (χ0n) is 11.3. The van der Waals surface area contributed by atoms with Crippen molar-refractivity contribution >= 4 is 44.8 Å². The Bertz CT molecular complexity index is 904. The van der Waals surface area contributed by atoms with Gasteiger partial charge in [0.05, 0.1) is 0 Å². The third-order valence-corrected chi connectivity index (χ3v) is 4.91. The van der Waals surface area contributed by atoms with Crippen LogP contribution in [0.2, 0.25) is 0 Å². The Labute approximate surface area is 123 Å². The van der Waals surface area contributed by atoms with Gasteiger partial charge in [-0.15, -0.1) is 11.3 Å². The number of hydrogen-bond acceptors (Lipinski definition) is 1. The second kappa shape index (κ2) is 4.50. The van der Waals surface area contributed by atoms with Crippen molar-refractivity contribution in [2.45, 2.75) is 0 Å². The zero-order valence-corrected chi connectivity index (χ0v) is 12.1. The van der Waals surface area contributed by atoms with Crippen molar-refractivity contribution in [3.63, 3.8) is 0 Å². The van der Waals surface area contributed by atoms with E-state index in [1.54, 1.807) is 0 Å². The molecule has 4 aromatic rings. The lowest BCUT2D eigenvalue weighted by atomic mass is 9.93. The van der Waals surface area contributed by atoms with Gasteiger partial charge in [0.15, 0.2) is 0 Å². The average Bonchev–Trinajstić information content (AvgIpc) is 2.86. The lowest BCUT2D eigenvalue weighted by Crippen LogP contribution is -1.98. The van der Waals surface area contributed by atoms with Crippen LogP contribution >= 0.6 is 11.3 Å². The van der Waals surface area contributed by atoms with Crippen LogP contribution in [-0.2, 0) is 0 Å². The van der Waals surface area contributed by atoms with Crippen molar-refractivity contribution in [3.05, 3.63) is 66.7 Å². The van der Waals surface area contributed by atoms with Gasteiger partial charge in [-0.1, -0.05) is 54.0 Å². The largest absolute Gasteiger partial charge is 0.139 e. The minimum Gasteiger partial charge on any atom is -0.135 e. The summed E-state index contributed by atoms with van der Waals surface area (Å²) in [5, 5.41) is 2.73. The van der Waals surface area contributed by atoms with E-state index in [0.717, 1.165) is 0 Å². The van der Waals surface area contributed by atoms with Crippen LogP contribution < -0.4 is 5.46 Å². The molecule has 0 aliphatic rings. The molecule has 94 valence electrons. The molecule has 0 atom stereocenters. The molecule has 0 spiro atoms. The first kappa shape index (κ1) is 11.7. The number of benzene rings is 3. The highest BCUT2D eigenvalue weighted by atomic mass is 32.1. The normalized spacial score (nSPS) is 11.2. The second-order valence-corrected chi connectivity index (χ2v) is 6.26. The fourth-order valence-corrected chi connectivity index (χ4v) is 3.74. The summed E-state index contributed by atoms with van der Waals surface area (Å²) in [7, 11) is 2.12. The lowest BCUT2D eigenvalue weighted by molar-refractivity contribution is 1.69. The molecular formula is C18H13BS. The van der Waals surface area contributed by atoms with Crippen molar-refractivity contribution in [1.29, 1.82) is 0 Å². The van der Waals surface area contributed by atoms with E-state index in [9.17, 15) is 0 Å². The molecule has 2 heteroatoms. The van der Waals surface area contributed by atoms with E-state index in [4.69, 9.17) is 0 Å². The van der Waals surface area contributed by atoms with Crippen LogP contribution in [0.1, 0.15) is 0 Å². The summed E-state index contributed by atoms with van der Waals surface area (Å²) in [4.78, 5) is 0. The van der Waals surface area contributed by atoms with Crippen molar-refractivity contribution in [2.24, 2.45) is 0 Å². The van der Waals surface area contributed by atoms with Gasteiger partial charge in [0.25, 0.3) is 0 Å². The molecule has 0 radical (unpaired) electrons. The second-order valence-electron chi connectivity index (χ2n) is 5.18. The van der Waals surface area contributed by atoms with E-state index in [2.05, 4.69) is 74.6 Å². The summed E-state index contributed by atoms with van der Waals surface area (Å²) in [6.07, 6.45) is 0. The van der Waals surface area contributed by atoms with Crippen molar-refractivity contribution in [3.8, 4) is 11.1 Å². The third-order valence-electron chi connectivity index (χ3n) is 3.76. The van der Waals surface area contributed by atoms with Gasteiger partial charge in [0.2, 0.25) is 0 Å². The molecule has 20 heavy (non-hydrogen) atoms. The highest BCUT2D eigenvalue weighted by molar-refractivity contribution is 7.25. The lowest BCUT2D eigenvalue weighted by Gasteiger charge is -2.03. The van der Waals surface area contributed by atoms with Gasteiger partial charge in [-0.2, -0.15) is 0 Å². The molecule has 0 bridgehead atoms. The molecule has 0 saturated carbocycles. The van der Waals surface area contributed by atoms with Crippen molar-refractivity contribution < 1.29 is 0 Å². The first-order chi connectivity index (χ1) is 9.81. The fraction of sp³-hybridized carbons (Fsp3) is 0. The Morgan fingerprint density at radius 3 is 2.20 bits per heavy atom. The van der Waals surface area contributed by atoms with Gasteiger partial charge in [-0.05, 0) is 29.3 Å². The molecule has 0 aliphatic heterocycles. The topological polar surface area (TPSA) is 0 Å².